The number of fused-ring (bicyclic) bond motifs is 1. The molecule has 4 aromatic rings. The third-order valence-electron chi connectivity index (χ3n) is 4.45. The molecule has 0 radical (unpaired) electrons. The molecule has 1 heterocycles. The molecule has 0 atom stereocenters. The number of furan rings is 1. The summed E-state index contributed by atoms with van der Waals surface area (Å²) in [5.74, 6) is 1.05. The summed E-state index contributed by atoms with van der Waals surface area (Å²) in [4.78, 5) is 12.3. The Bertz CT molecular complexity index is 1200. The maximum atomic E-state index is 12.3. The van der Waals surface area contributed by atoms with Crippen LogP contribution in [0.1, 0.15) is 11.3 Å². The summed E-state index contributed by atoms with van der Waals surface area (Å²) in [5.41, 5.74) is 4.42. The number of carbonyl (C=O) groups is 1. The van der Waals surface area contributed by atoms with Crippen LogP contribution in [0.25, 0.3) is 22.1 Å². The number of hydrazone groups is 1. The van der Waals surface area contributed by atoms with Crippen LogP contribution in [-0.4, -0.2) is 12.1 Å². The molecule has 3 aromatic carbocycles. The number of hydrogen-bond donors (Lipinski definition) is 1. The number of nitrogens with one attached hydrogen (secondary N) is 1. The lowest BCUT2D eigenvalue weighted by atomic mass is 10.0. The van der Waals surface area contributed by atoms with Gasteiger partial charge in [0.25, 0.3) is 0 Å². The maximum Gasteiger partial charge on any atom is 0.244 e. The van der Waals surface area contributed by atoms with E-state index in [1.165, 1.54) is 6.21 Å². The van der Waals surface area contributed by atoms with Crippen LogP contribution >= 0.6 is 27.5 Å². The molecular formula is C23H16BrClN2O2. The molecule has 4 nitrogen and oxygen atoms in total. The molecule has 4 rings (SSSR count). The largest absolute Gasteiger partial charge is 0.455 e. The Labute approximate surface area is 181 Å². The van der Waals surface area contributed by atoms with E-state index in [4.69, 9.17) is 16.0 Å². The molecule has 0 unspecified atom stereocenters. The first kappa shape index (κ1) is 19.4. The Hall–Kier alpha value is -2.89. The van der Waals surface area contributed by atoms with Crippen molar-refractivity contribution < 1.29 is 9.21 Å². The van der Waals surface area contributed by atoms with Gasteiger partial charge in [-0.1, -0.05) is 57.9 Å². The average Bonchev–Trinajstić information content (AvgIpc) is 3.20. The second kappa shape index (κ2) is 8.64. The van der Waals surface area contributed by atoms with Crippen molar-refractivity contribution >= 4 is 50.4 Å². The summed E-state index contributed by atoms with van der Waals surface area (Å²) in [6.07, 6.45) is 1.72. The van der Waals surface area contributed by atoms with Crippen LogP contribution in [0.4, 0.5) is 0 Å². The number of benzene rings is 3. The highest BCUT2D eigenvalue weighted by Crippen LogP contribution is 2.27. The topological polar surface area (TPSA) is 54.6 Å². The molecule has 0 fully saturated rings. The van der Waals surface area contributed by atoms with Gasteiger partial charge in [0.05, 0.1) is 12.6 Å². The van der Waals surface area contributed by atoms with Crippen LogP contribution in [0.2, 0.25) is 5.02 Å². The fraction of sp³-hybridized carbons (Fsp3) is 0.0435. The number of carbonyl (C=O) groups excluding carboxylic acids is 1. The minimum atomic E-state index is -0.196. The molecule has 0 aliphatic carbocycles. The van der Waals surface area contributed by atoms with Crippen molar-refractivity contribution in [2.45, 2.75) is 6.42 Å². The first-order valence-corrected chi connectivity index (χ1v) is 10.1. The number of nitrogens with zero attached hydrogens (tertiary/aromatic N) is 1. The fourth-order valence-corrected chi connectivity index (χ4v) is 3.65. The van der Waals surface area contributed by atoms with Crippen LogP contribution in [0.15, 0.2) is 86.8 Å². The van der Waals surface area contributed by atoms with Crippen molar-refractivity contribution in [3.05, 3.63) is 93.6 Å². The Morgan fingerprint density at radius 2 is 1.76 bits per heavy atom. The summed E-state index contributed by atoms with van der Waals surface area (Å²) in [6.45, 7) is 0. The molecule has 0 spiro atoms. The van der Waals surface area contributed by atoms with E-state index in [2.05, 4.69) is 26.5 Å². The number of halogens is 2. The highest BCUT2D eigenvalue weighted by Gasteiger charge is 2.08. The van der Waals surface area contributed by atoms with Crippen LogP contribution in [0, 0.1) is 0 Å². The van der Waals surface area contributed by atoms with Crippen LogP contribution in [0.3, 0.4) is 0 Å². The summed E-state index contributed by atoms with van der Waals surface area (Å²) < 4.78 is 6.74. The van der Waals surface area contributed by atoms with Gasteiger partial charge in [-0.15, -0.1) is 0 Å². The third-order valence-corrected chi connectivity index (χ3v) is 5.39. The molecule has 0 saturated carbocycles. The monoisotopic (exact) mass is 466 g/mol. The van der Waals surface area contributed by atoms with Gasteiger partial charge in [-0.05, 0) is 58.8 Å². The molecule has 1 N–H and O–H groups in total. The van der Waals surface area contributed by atoms with E-state index in [1.54, 1.807) is 18.2 Å². The number of hydrogen-bond acceptors (Lipinski definition) is 3. The van der Waals surface area contributed by atoms with E-state index in [-0.39, 0.29) is 12.3 Å². The fourth-order valence-electron chi connectivity index (χ4n) is 3.05. The molecule has 1 aromatic heterocycles. The Kier molecular flexibility index (Phi) is 5.79. The van der Waals surface area contributed by atoms with E-state index in [0.29, 0.717) is 16.5 Å². The van der Waals surface area contributed by atoms with Gasteiger partial charge in [0.1, 0.15) is 11.5 Å². The number of amides is 1. The average molecular weight is 468 g/mol. The SMILES string of the molecule is O=C(Cc1ccc(Br)c2ccccc12)N/N=C/c1ccc(-c2ccc(Cl)cc2)o1. The van der Waals surface area contributed by atoms with Crippen molar-refractivity contribution in [2.75, 3.05) is 0 Å². The summed E-state index contributed by atoms with van der Waals surface area (Å²) in [7, 11) is 0. The molecule has 0 aliphatic heterocycles. The molecule has 0 aliphatic rings. The highest BCUT2D eigenvalue weighted by atomic mass is 79.9. The molecule has 0 saturated heterocycles. The second-order valence-corrected chi connectivity index (χ2v) is 7.72. The van der Waals surface area contributed by atoms with E-state index in [0.717, 1.165) is 26.4 Å². The normalized spacial score (nSPS) is 11.2. The van der Waals surface area contributed by atoms with Crippen LogP contribution in [-0.2, 0) is 11.2 Å². The zero-order valence-corrected chi connectivity index (χ0v) is 17.6. The first-order valence-electron chi connectivity index (χ1n) is 8.94. The van der Waals surface area contributed by atoms with E-state index in [1.807, 2.05) is 54.6 Å². The zero-order valence-electron chi connectivity index (χ0n) is 15.2. The lowest BCUT2D eigenvalue weighted by molar-refractivity contribution is -0.120. The van der Waals surface area contributed by atoms with E-state index in [9.17, 15) is 4.79 Å². The van der Waals surface area contributed by atoms with E-state index < -0.39 is 0 Å². The summed E-state index contributed by atoms with van der Waals surface area (Å²) in [6, 6.07) is 22.9. The quantitative estimate of drug-likeness (QED) is 0.280. The molecule has 1 amide bonds. The van der Waals surface area contributed by atoms with Gasteiger partial charge in [-0.25, -0.2) is 5.43 Å². The second-order valence-electron chi connectivity index (χ2n) is 6.43. The Balaban J connectivity index is 1.41. The van der Waals surface area contributed by atoms with Gasteiger partial charge in [0, 0.05) is 15.1 Å². The Morgan fingerprint density at radius 1 is 1.00 bits per heavy atom. The zero-order chi connectivity index (χ0) is 20.2. The molecule has 0 bridgehead atoms. The summed E-state index contributed by atoms with van der Waals surface area (Å²) in [5, 5.41) is 6.79. The standard InChI is InChI=1S/C23H16BrClN2O2/c24-21-11-7-16(19-3-1-2-4-20(19)21)13-23(28)27-26-14-18-10-12-22(29-18)15-5-8-17(25)9-6-15/h1-12,14H,13H2,(H,27,28)/b26-14+. The minimum Gasteiger partial charge on any atom is -0.455 e. The van der Waals surface area contributed by atoms with E-state index >= 15 is 0 Å². The first-order chi connectivity index (χ1) is 14.1. The summed E-state index contributed by atoms with van der Waals surface area (Å²) >= 11 is 9.45. The van der Waals surface area contributed by atoms with Gasteiger partial charge in [-0.2, -0.15) is 5.10 Å². The van der Waals surface area contributed by atoms with Gasteiger partial charge < -0.3 is 4.42 Å². The highest BCUT2D eigenvalue weighted by molar-refractivity contribution is 9.10. The van der Waals surface area contributed by atoms with Crippen LogP contribution < -0.4 is 5.43 Å². The maximum absolute atomic E-state index is 12.3. The Morgan fingerprint density at radius 3 is 2.55 bits per heavy atom. The van der Waals surface area contributed by atoms with Crippen LogP contribution in [0.5, 0.6) is 0 Å². The lowest BCUT2D eigenvalue weighted by Crippen LogP contribution is -2.19. The lowest BCUT2D eigenvalue weighted by Gasteiger charge is -2.07. The van der Waals surface area contributed by atoms with Crippen molar-refractivity contribution in [3.63, 3.8) is 0 Å². The smallest absolute Gasteiger partial charge is 0.244 e. The molecular weight excluding hydrogens is 452 g/mol. The molecule has 6 heteroatoms. The van der Waals surface area contributed by atoms with Gasteiger partial charge in [-0.3, -0.25) is 4.79 Å². The van der Waals surface area contributed by atoms with Crippen molar-refractivity contribution in [1.29, 1.82) is 0 Å². The molecule has 144 valence electrons. The predicted octanol–water partition coefficient (Wildman–Crippen LogP) is 6.21. The van der Waals surface area contributed by atoms with Gasteiger partial charge in [0.15, 0.2) is 0 Å². The number of rotatable bonds is 5. The van der Waals surface area contributed by atoms with Gasteiger partial charge >= 0.3 is 0 Å². The van der Waals surface area contributed by atoms with Crippen molar-refractivity contribution in [3.8, 4) is 11.3 Å². The molecule has 29 heavy (non-hydrogen) atoms. The third kappa shape index (κ3) is 4.58. The van der Waals surface area contributed by atoms with Crippen molar-refractivity contribution in [2.24, 2.45) is 5.10 Å². The van der Waals surface area contributed by atoms with Gasteiger partial charge in [0.2, 0.25) is 5.91 Å². The van der Waals surface area contributed by atoms with Crippen molar-refractivity contribution in [1.82, 2.24) is 5.43 Å². The predicted molar refractivity (Wildman–Crippen MR) is 120 cm³/mol. The minimum absolute atomic E-state index is 0.196.